The molecular weight excluding hydrogens is 216 g/mol. The van der Waals surface area contributed by atoms with Gasteiger partial charge in [-0.25, -0.2) is 4.79 Å². The van der Waals surface area contributed by atoms with Gasteiger partial charge < -0.3 is 5.11 Å². The first-order valence-electron chi connectivity index (χ1n) is 5.37. The number of aromatic nitrogens is 2. The Kier molecular flexibility index (Phi) is 3.14. The fraction of sp³-hybridized carbons (Fsp3) is 0.154. The summed E-state index contributed by atoms with van der Waals surface area (Å²) in [6.07, 6.45) is 2.39. The molecule has 2 heterocycles. The van der Waals surface area contributed by atoms with Crippen molar-refractivity contribution < 1.29 is 9.90 Å². The maximum absolute atomic E-state index is 11.1. The molecule has 0 atom stereocenters. The minimum absolute atomic E-state index is 0.181. The molecule has 0 aromatic carbocycles. The zero-order valence-electron chi connectivity index (χ0n) is 9.42. The van der Waals surface area contributed by atoms with Gasteiger partial charge >= 0.3 is 5.97 Å². The maximum Gasteiger partial charge on any atom is 0.337 e. The van der Waals surface area contributed by atoms with Crippen molar-refractivity contribution in [2.24, 2.45) is 0 Å². The lowest BCUT2D eigenvalue weighted by Crippen LogP contribution is -2.04. The molecule has 86 valence electrons. The number of nitrogens with zero attached hydrogens (tertiary/aromatic N) is 2. The average Bonchev–Trinajstić information content (AvgIpc) is 2.39. The van der Waals surface area contributed by atoms with Crippen molar-refractivity contribution in [1.82, 2.24) is 9.97 Å². The Bertz CT molecular complexity index is 538. The highest BCUT2D eigenvalue weighted by molar-refractivity contribution is 5.94. The van der Waals surface area contributed by atoms with Crippen LogP contribution in [0.4, 0.5) is 0 Å². The van der Waals surface area contributed by atoms with Crippen molar-refractivity contribution in [3.8, 4) is 11.4 Å². The smallest absolute Gasteiger partial charge is 0.337 e. The largest absolute Gasteiger partial charge is 0.478 e. The number of rotatable bonds is 3. The molecule has 2 aromatic rings. The Morgan fingerprint density at radius 2 is 2.12 bits per heavy atom. The van der Waals surface area contributed by atoms with Gasteiger partial charge in [-0.05, 0) is 30.7 Å². The topological polar surface area (TPSA) is 63.1 Å². The number of hydrogen-bond donors (Lipinski definition) is 1. The van der Waals surface area contributed by atoms with Crippen molar-refractivity contribution in [1.29, 1.82) is 0 Å². The summed E-state index contributed by atoms with van der Waals surface area (Å²) < 4.78 is 0. The number of carbonyl (C=O) groups is 1. The third-order valence-electron chi connectivity index (χ3n) is 2.45. The summed E-state index contributed by atoms with van der Waals surface area (Å²) in [6.45, 7) is 1.98. The monoisotopic (exact) mass is 228 g/mol. The normalized spacial score (nSPS) is 10.2. The molecule has 0 saturated carbocycles. The Labute approximate surface area is 99.0 Å². The van der Waals surface area contributed by atoms with E-state index in [1.165, 1.54) is 0 Å². The minimum atomic E-state index is -0.985. The lowest BCUT2D eigenvalue weighted by Gasteiger charge is -2.06. The summed E-state index contributed by atoms with van der Waals surface area (Å²) in [4.78, 5) is 19.6. The van der Waals surface area contributed by atoms with Gasteiger partial charge in [-0.3, -0.25) is 9.97 Å². The first-order chi connectivity index (χ1) is 8.22. The van der Waals surface area contributed by atoms with E-state index in [0.717, 1.165) is 12.1 Å². The van der Waals surface area contributed by atoms with E-state index >= 15 is 0 Å². The molecule has 0 radical (unpaired) electrons. The molecule has 1 N–H and O–H groups in total. The number of hydrogen-bond acceptors (Lipinski definition) is 3. The van der Waals surface area contributed by atoms with Crippen LogP contribution in [0.1, 0.15) is 23.0 Å². The highest BCUT2D eigenvalue weighted by atomic mass is 16.4. The molecule has 0 fully saturated rings. The predicted octanol–water partition coefficient (Wildman–Crippen LogP) is 2.40. The van der Waals surface area contributed by atoms with Crippen molar-refractivity contribution in [3.63, 3.8) is 0 Å². The van der Waals surface area contributed by atoms with Crippen LogP contribution in [0.3, 0.4) is 0 Å². The summed E-state index contributed by atoms with van der Waals surface area (Å²) in [5, 5.41) is 9.12. The van der Waals surface area contributed by atoms with Gasteiger partial charge in [-0.15, -0.1) is 0 Å². The van der Waals surface area contributed by atoms with Crippen LogP contribution in [0.5, 0.6) is 0 Å². The molecule has 0 spiro atoms. The Balaban J connectivity index is 2.61. The minimum Gasteiger partial charge on any atom is -0.478 e. The number of pyridine rings is 2. The van der Waals surface area contributed by atoms with Crippen molar-refractivity contribution in [2.45, 2.75) is 13.3 Å². The standard InChI is InChI=1S/C13H12N2O2/c1-2-9-6-7-10(13(16)17)12(15-9)11-5-3-4-8-14-11/h3-8H,2H2,1H3,(H,16,17). The molecule has 0 unspecified atom stereocenters. The van der Waals surface area contributed by atoms with E-state index in [9.17, 15) is 4.79 Å². The van der Waals surface area contributed by atoms with Crippen LogP contribution in [0.2, 0.25) is 0 Å². The van der Waals surface area contributed by atoms with E-state index in [1.54, 1.807) is 30.5 Å². The van der Waals surface area contributed by atoms with Gasteiger partial charge in [-0.1, -0.05) is 13.0 Å². The number of carboxylic acids is 1. The fourth-order valence-electron chi connectivity index (χ4n) is 1.57. The fourth-order valence-corrected chi connectivity index (χ4v) is 1.57. The summed E-state index contributed by atoms with van der Waals surface area (Å²) in [5.41, 5.74) is 2.05. The first-order valence-corrected chi connectivity index (χ1v) is 5.37. The van der Waals surface area contributed by atoms with Gasteiger partial charge in [0, 0.05) is 11.9 Å². The predicted molar refractivity (Wildman–Crippen MR) is 63.8 cm³/mol. The molecule has 17 heavy (non-hydrogen) atoms. The Morgan fingerprint density at radius 3 is 2.71 bits per heavy atom. The van der Waals surface area contributed by atoms with Gasteiger partial charge in [0.2, 0.25) is 0 Å². The zero-order chi connectivity index (χ0) is 12.3. The van der Waals surface area contributed by atoms with Crippen LogP contribution in [0.25, 0.3) is 11.4 Å². The molecule has 0 amide bonds. The second kappa shape index (κ2) is 4.74. The lowest BCUT2D eigenvalue weighted by atomic mass is 10.1. The molecule has 0 aliphatic heterocycles. The first kappa shape index (κ1) is 11.3. The maximum atomic E-state index is 11.1. The Hall–Kier alpha value is -2.23. The lowest BCUT2D eigenvalue weighted by molar-refractivity contribution is 0.0697. The van der Waals surface area contributed by atoms with Gasteiger partial charge in [0.15, 0.2) is 0 Å². The second-order valence-electron chi connectivity index (χ2n) is 3.57. The number of aryl methyl sites for hydroxylation is 1. The molecule has 2 aromatic heterocycles. The summed E-state index contributed by atoms with van der Waals surface area (Å²) >= 11 is 0. The van der Waals surface area contributed by atoms with Crippen molar-refractivity contribution in [2.75, 3.05) is 0 Å². The molecule has 0 aliphatic rings. The van der Waals surface area contributed by atoms with Gasteiger partial charge in [0.05, 0.1) is 11.3 Å². The summed E-state index contributed by atoms with van der Waals surface area (Å²) in [5.74, 6) is -0.985. The van der Waals surface area contributed by atoms with E-state index < -0.39 is 5.97 Å². The van der Waals surface area contributed by atoms with Gasteiger partial charge in [-0.2, -0.15) is 0 Å². The summed E-state index contributed by atoms with van der Waals surface area (Å²) in [6, 6.07) is 8.67. The number of aromatic carboxylic acids is 1. The molecule has 0 aliphatic carbocycles. The van der Waals surface area contributed by atoms with Crippen LogP contribution in [-0.2, 0) is 6.42 Å². The second-order valence-corrected chi connectivity index (χ2v) is 3.57. The van der Waals surface area contributed by atoms with Crippen LogP contribution >= 0.6 is 0 Å². The quantitative estimate of drug-likeness (QED) is 0.876. The van der Waals surface area contributed by atoms with E-state index in [1.807, 2.05) is 13.0 Å². The van der Waals surface area contributed by atoms with Crippen LogP contribution in [0.15, 0.2) is 36.5 Å². The van der Waals surface area contributed by atoms with Crippen molar-refractivity contribution in [3.05, 3.63) is 47.8 Å². The van der Waals surface area contributed by atoms with Crippen LogP contribution < -0.4 is 0 Å². The van der Waals surface area contributed by atoms with Crippen LogP contribution in [0, 0.1) is 0 Å². The third kappa shape index (κ3) is 2.30. The van der Waals surface area contributed by atoms with Gasteiger partial charge in [0.1, 0.15) is 5.69 Å². The molecule has 2 rings (SSSR count). The van der Waals surface area contributed by atoms with Crippen molar-refractivity contribution >= 4 is 5.97 Å². The number of carboxylic acid groups (broad SMARTS) is 1. The van der Waals surface area contributed by atoms with Crippen LogP contribution in [-0.4, -0.2) is 21.0 Å². The highest BCUT2D eigenvalue weighted by Crippen LogP contribution is 2.20. The third-order valence-corrected chi connectivity index (χ3v) is 2.45. The summed E-state index contributed by atoms with van der Waals surface area (Å²) in [7, 11) is 0. The molecule has 4 nitrogen and oxygen atoms in total. The molecule has 4 heteroatoms. The SMILES string of the molecule is CCc1ccc(C(=O)O)c(-c2ccccn2)n1. The highest BCUT2D eigenvalue weighted by Gasteiger charge is 2.14. The molecule has 0 bridgehead atoms. The van der Waals surface area contributed by atoms with Gasteiger partial charge in [0.25, 0.3) is 0 Å². The van der Waals surface area contributed by atoms with E-state index in [-0.39, 0.29) is 5.56 Å². The zero-order valence-corrected chi connectivity index (χ0v) is 9.42. The van der Waals surface area contributed by atoms with E-state index in [4.69, 9.17) is 5.11 Å². The van der Waals surface area contributed by atoms with E-state index in [0.29, 0.717) is 11.4 Å². The molecule has 0 saturated heterocycles. The average molecular weight is 228 g/mol. The van der Waals surface area contributed by atoms with E-state index in [2.05, 4.69) is 9.97 Å². The Morgan fingerprint density at radius 1 is 1.29 bits per heavy atom. The molecular formula is C13H12N2O2.